The number of nitrogens with two attached hydrogens (primary N) is 1. The Bertz CT molecular complexity index is 512. The summed E-state index contributed by atoms with van der Waals surface area (Å²) in [5.41, 5.74) is 5.81. The van der Waals surface area contributed by atoms with Crippen LogP contribution in [-0.2, 0) is 0 Å². The maximum atomic E-state index is 13.1. The van der Waals surface area contributed by atoms with E-state index >= 15 is 0 Å². The average molecular weight is 281 g/mol. The van der Waals surface area contributed by atoms with Gasteiger partial charge in [-0.25, -0.2) is 4.39 Å². The number of carbonyl (C=O) groups is 1. The maximum Gasteiger partial charge on any atom is 0.255 e. The fourth-order valence-corrected chi connectivity index (χ4v) is 2.37. The highest BCUT2D eigenvalue weighted by Gasteiger charge is 2.34. The van der Waals surface area contributed by atoms with Crippen molar-refractivity contribution in [3.05, 3.63) is 29.8 Å². The van der Waals surface area contributed by atoms with Gasteiger partial charge in [-0.3, -0.25) is 9.78 Å². The van der Waals surface area contributed by atoms with Crippen molar-refractivity contribution in [2.45, 2.75) is 19.8 Å². The summed E-state index contributed by atoms with van der Waals surface area (Å²) >= 11 is 5.06. The van der Waals surface area contributed by atoms with Crippen molar-refractivity contribution >= 4 is 23.1 Å². The van der Waals surface area contributed by atoms with E-state index in [1.807, 2.05) is 6.92 Å². The monoisotopic (exact) mass is 281 g/mol. The lowest BCUT2D eigenvalue weighted by Crippen LogP contribution is -2.46. The topological polar surface area (TPSA) is 59.2 Å². The highest BCUT2D eigenvalue weighted by Crippen LogP contribution is 2.31. The molecule has 1 aromatic rings. The maximum absolute atomic E-state index is 13.1. The minimum atomic E-state index is -0.504. The van der Waals surface area contributed by atoms with Gasteiger partial charge in [-0.15, -0.1) is 0 Å². The van der Waals surface area contributed by atoms with Crippen molar-refractivity contribution in [1.29, 1.82) is 0 Å². The second-order valence-electron chi connectivity index (χ2n) is 5.11. The molecule has 102 valence electrons. The van der Waals surface area contributed by atoms with Crippen LogP contribution in [0, 0.1) is 11.2 Å². The molecule has 4 nitrogen and oxygen atoms in total. The second-order valence-corrected chi connectivity index (χ2v) is 5.55. The van der Waals surface area contributed by atoms with E-state index < -0.39 is 5.82 Å². The lowest BCUT2D eigenvalue weighted by molar-refractivity contribution is 0.0669. The predicted octanol–water partition coefficient (Wildman–Crippen LogP) is 1.75. The van der Waals surface area contributed by atoms with Gasteiger partial charge < -0.3 is 10.6 Å². The molecule has 0 saturated carbocycles. The molecule has 1 amide bonds. The zero-order valence-electron chi connectivity index (χ0n) is 10.7. The minimum Gasteiger partial charge on any atom is -0.393 e. The Labute approximate surface area is 116 Å². The highest BCUT2D eigenvalue weighted by molar-refractivity contribution is 7.80. The molecule has 1 aromatic heterocycles. The molecule has 2 rings (SSSR count). The Morgan fingerprint density at radius 1 is 1.47 bits per heavy atom. The first-order valence-electron chi connectivity index (χ1n) is 6.12. The number of halogens is 1. The Balaban J connectivity index is 2.06. The van der Waals surface area contributed by atoms with Gasteiger partial charge in [0, 0.05) is 24.7 Å². The number of rotatable bonds is 2. The van der Waals surface area contributed by atoms with Crippen LogP contribution in [0.4, 0.5) is 4.39 Å². The molecule has 19 heavy (non-hydrogen) atoms. The van der Waals surface area contributed by atoms with Crippen molar-refractivity contribution in [1.82, 2.24) is 9.88 Å². The number of hydrogen-bond donors (Lipinski definition) is 1. The summed E-state index contributed by atoms with van der Waals surface area (Å²) in [7, 11) is 0. The number of likely N-dealkylation sites (tertiary alicyclic amines) is 1. The van der Waals surface area contributed by atoms with Crippen molar-refractivity contribution in [2.24, 2.45) is 11.1 Å². The molecule has 0 spiro atoms. The van der Waals surface area contributed by atoms with Gasteiger partial charge in [0.05, 0.1) is 16.7 Å². The molecule has 0 unspecified atom stereocenters. The Morgan fingerprint density at radius 2 is 2.11 bits per heavy atom. The molecule has 1 saturated heterocycles. The fourth-order valence-electron chi connectivity index (χ4n) is 2.16. The highest BCUT2D eigenvalue weighted by atomic mass is 32.1. The van der Waals surface area contributed by atoms with Crippen molar-refractivity contribution in [2.75, 3.05) is 13.1 Å². The van der Waals surface area contributed by atoms with Gasteiger partial charge in [0.25, 0.3) is 5.91 Å². The molecule has 6 heteroatoms. The summed E-state index contributed by atoms with van der Waals surface area (Å²) in [5.74, 6) is -0.701. The Morgan fingerprint density at radius 3 is 2.63 bits per heavy atom. The summed E-state index contributed by atoms with van der Waals surface area (Å²) in [4.78, 5) is 18.1. The van der Waals surface area contributed by atoms with Crippen LogP contribution >= 0.6 is 12.2 Å². The predicted molar refractivity (Wildman–Crippen MR) is 74.2 cm³/mol. The summed E-state index contributed by atoms with van der Waals surface area (Å²) in [5, 5.41) is 0. The smallest absolute Gasteiger partial charge is 0.255 e. The third-order valence-electron chi connectivity index (χ3n) is 3.70. The summed E-state index contributed by atoms with van der Waals surface area (Å²) in [6.07, 6.45) is 3.93. The molecule has 0 aliphatic carbocycles. The number of hydrogen-bond acceptors (Lipinski definition) is 3. The van der Waals surface area contributed by atoms with Gasteiger partial charge >= 0.3 is 0 Å². The van der Waals surface area contributed by atoms with Gasteiger partial charge in [0.15, 0.2) is 0 Å². The number of thiocarbonyl (C=S) groups is 1. The third-order valence-corrected chi connectivity index (χ3v) is 4.19. The van der Waals surface area contributed by atoms with Crippen molar-refractivity contribution < 1.29 is 9.18 Å². The van der Waals surface area contributed by atoms with Crippen molar-refractivity contribution in [3.8, 4) is 0 Å². The van der Waals surface area contributed by atoms with Crippen LogP contribution < -0.4 is 5.73 Å². The molecule has 0 bridgehead atoms. The van der Waals surface area contributed by atoms with Gasteiger partial charge in [-0.05, 0) is 18.9 Å². The van der Waals surface area contributed by atoms with E-state index in [9.17, 15) is 9.18 Å². The third kappa shape index (κ3) is 2.89. The molecule has 0 radical (unpaired) electrons. The van der Waals surface area contributed by atoms with E-state index in [4.69, 9.17) is 18.0 Å². The largest absolute Gasteiger partial charge is 0.393 e. The number of aromatic nitrogens is 1. The molecule has 2 N–H and O–H groups in total. The molecule has 0 aromatic carbocycles. The van der Waals surface area contributed by atoms with E-state index in [-0.39, 0.29) is 16.9 Å². The van der Waals surface area contributed by atoms with Crippen LogP contribution in [0.25, 0.3) is 0 Å². The summed E-state index contributed by atoms with van der Waals surface area (Å²) in [6, 6.07) is 1.21. The molecule has 1 fully saturated rings. The first kappa shape index (κ1) is 13.9. The van der Waals surface area contributed by atoms with Crippen LogP contribution in [0.1, 0.15) is 30.1 Å². The van der Waals surface area contributed by atoms with Crippen LogP contribution in [-0.4, -0.2) is 33.9 Å². The molecule has 1 aliphatic heterocycles. The Kier molecular flexibility index (Phi) is 3.80. The van der Waals surface area contributed by atoms with Gasteiger partial charge in [0.1, 0.15) is 5.82 Å². The summed E-state index contributed by atoms with van der Waals surface area (Å²) < 4.78 is 13.1. The van der Waals surface area contributed by atoms with Gasteiger partial charge in [-0.2, -0.15) is 0 Å². The van der Waals surface area contributed by atoms with E-state index in [2.05, 4.69) is 4.98 Å². The number of nitrogens with zero attached hydrogens (tertiary/aromatic N) is 2. The molecular weight excluding hydrogens is 265 g/mol. The number of piperidine rings is 1. The zero-order chi connectivity index (χ0) is 14.0. The summed E-state index contributed by atoms with van der Waals surface area (Å²) in [6.45, 7) is 3.16. The van der Waals surface area contributed by atoms with E-state index in [0.29, 0.717) is 18.1 Å². The quantitative estimate of drug-likeness (QED) is 0.839. The lowest BCUT2D eigenvalue weighted by atomic mass is 9.80. The van der Waals surface area contributed by atoms with E-state index in [1.165, 1.54) is 12.3 Å². The average Bonchev–Trinajstić information content (AvgIpc) is 2.38. The second kappa shape index (κ2) is 5.21. The van der Waals surface area contributed by atoms with E-state index in [1.54, 1.807) is 4.90 Å². The molecule has 1 aliphatic rings. The molecule has 2 heterocycles. The minimum absolute atomic E-state index is 0.188. The number of pyridine rings is 1. The van der Waals surface area contributed by atoms with Gasteiger partial charge in [0.2, 0.25) is 0 Å². The fraction of sp³-hybridized carbons (Fsp3) is 0.462. The van der Waals surface area contributed by atoms with E-state index in [0.717, 1.165) is 19.0 Å². The lowest BCUT2D eigenvalue weighted by Gasteiger charge is -2.38. The standard InChI is InChI=1S/C13H16FN3OS/c1-13(12(15)19)2-4-17(5-3-13)11(18)9-6-10(14)8-16-7-9/h6-8H,2-5H2,1H3,(H2,15,19). The number of amides is 1. The number of carbonyl (C=O) groups excluding carboxylic acids is 1. The van der Waals surface area contributed by atoms with Crippen molar-refractivity contribution in [3.63, 3.8) is 0 Å². The SMILES string of the molecule is CC1(C(N)=S)CCN(C(=O)c2cncc(F)c2)CC1. The first-order valence-corrected chi connectivity index (χ1v) is 6.53. The van der Waals surface area contributed by atoms with Crippen LogP contribution in [0.5, 0.6) is 0 Å². The van der Waals surface area contributed by atoms with Gasteiger partial charge in [-0.1, -0.05) is 19.1 Å². The van der Waals surface area contributed by atoms with Crippen LogP contribution in [0.2, 0.25) is 0 Å². The zero-order valence-corrected chi connectivity index (χ0v) is 11.5. The Hall–Kier alpha value is -1.56. The molecular formula is C13H16FN3OS. The van der Waals surface area contributed by atoms with Crippen LogP contribution in [0.3, 0.4) is 0 Å². The van der Waals surface area contributed by atoms with Crippen LogP contribution in [0.15, 0.2) is 18.5 Å². The molecule has 0 atom stereocenters. The first-order chi connectivity index (χ1) is 8.92. The normalized spacial score (nSPS) is 18.1.